The average molecular weight is 629 g/mol. The van der Waals surface area contributed by atoms with Crippen LogP contribution < -0.4 is 0 Å². The first-order chi connectivity index (χ1) is 20.2. The van der Waals surface area contributed by atoms with Crippen LogP contribution in [0.25, 0.3) is 0 Å². The second kappa shape index (κ2) is 13.2. The fourth-order valence-electron chi connectivity index (χ4n) is 8.80. The van der Waals surface area contributed by atoms with E-state index in [1.165, 1.54) is 6.92 Å². The highest BCUT2D eigenvalue weighted by molar-refractivity contribution is 5.84. The number of ether oxygens (including phenoxy) is 3. The molecule has 3 aliphatic heterocycles. The number of carboxylic acids is 1. The van der Waals surface area contributed by atoms with Crippen LogP contribution in [0.2, 0.25) is 0 Å². The Morgan fingerprint density at radius 2 is 1.48 bits per heavy atom. The molecule has 0 aromatic carbocycles. The van der Waals surface area contributed by atoms with Crippen molar-refractivity contribution in [3.8, 4) is 0 Å². The molecule has 0 saturated carbocycles. The minimum atomic E-state index is -1.89. The lowest BCUT2D eigenvalue weighted by Crippen LogP contribution is -2.58. The summed E-state index contributed by atoms with van der Waals surface area (Å²) in [5.41, 5.74) is -2.00. The number of hydrogen-bond acceptors (Lipinski definition) is 9. The van der Waals surface area contributed by atoms with Gasteiger partial charge in [-0.15, -0.1) is 0 Å². The molecule has 3 aliphatic rings. The summed E-state index contributed by atoms with van der Waals surface area (Å²) in [5, 5.41) is 55.0. The molecule has 0 bridgehead atoms. The summed E-state index contributed by atoms with van der Waals surface area (Å²) < 4.78 is 19.1. The minimum absolute atomic E-state index is 0.0786. The molecule has 5 N–H and O–H groups in total. The quantitative estimate of drug-likeness (QED) is 0.212. The predicted octanol–water partition coefficient (Wildman–Crippen LogP) is 4.14. The van der Waals surface area contributed by atoms with E-state index in [0.717, 1.165) is 0 Å². The third kappa shape index (κ3) is 6.14. The molecule has 0 spiro atoms. The zero-order valence-electron chi connectivity index (χ0n) is 28.7. The largest absolute Gasteiger partial charge is 0.481 e. The lowest BCUT2D eigenvalue weighted by molar-refractivity contribution is -0.331. The molecule has 3 rings (SSSR count). The van der Waals surface area contributed by atoms with E-state index in [9.17, 15) is 35.1 Å². The number of aliphatic hydroxyl groups is 4. The standard InChI is InChI=1S/C34H60O10/c1-12-25(29-18(4)15-31(11,42-29)34(41)20(6)16-32(13-2,44-34)24(10)35)27(37)21(7)26(36)22(8)28-17(3)14-19(5)33(40,43-28)23(9)30(38)39/h17-26,28-29,35-36,40-41H,12-16H2,1-11H3,(H,38,39)/t17-,18-,19+,20+,21-,22-,23+,24-,25-,26-,28-,29-,31-,32+,33+,34+/m0/s1. The van der Waals surface area contributed by atoms with Crippen LogP contribution in [0.3, 0.4) is 0 Å². The topological polar surface area (TPSA) is 163 Å². The first kappa shape index (κ1) is 37.3. The summed E-state index contributed by atoms with van der Waals surface area (Å²) in [5.74, 6) is -8.84. The van der Waals surface area contributed by atoms with Crippen molar-refractivity contribution in [1.82, 2.24) is 0 Å². The van der Waals surface area contributed by atoms with Crippen LogP contribution in [0, 0.1) is 47.3 Å². The third-order valence-corrected chi connectivity index (χ3v) is 12.0. The molecule has 0 aliphatic carbocycles. The van der Waals surface area contributed by atoms with Crippen molar-refractivity contribution in [2.75, 3.05) is 0 Å². The van der Waals surface area contributed by atoms with Gasteiger partial charge >= 0.3 is 5.97 Å². The van der Waals surface area contributed by atoms with Crippen LogP contribution >= 0.6 is 0 Å². The van der Waals surface area contributed by atoms with Crippen LogP contribution in [-0.4, -0.2) is 84.5 Å². The van der Waals surface area contributed by atoms with Gasteiger partial charge in [0.05, 0.1) is 30.0 Å². The van der Waals surface area contributed by atoms with E-state index in [1.54, 1.807) is 27.7 Å². The summed E-state index contributed by atoms with van der Waals surface area (Å²) in [6.45, 7) is 19.9. The van der Waals surface area contributed by atoms with Gasteiger partial charge in [0.1, 0.15) is 17.3 Å². The molecule has 0 amide bonds. The Hall–Kier alpha value is -1.14. The van der Waals surface area contributed by atoms with Crippen molar-refractivity contribution >= 4 is 11.8 Å². The molecule has 256 valence electrons. The fourth-order valence-corrected chi connectivity index (χ4v) is 8.80. The number of carbonyl (C=O) groups excluding carboxylic acids is 1. The second-order valence-corrected chi connectivity index (χ2v) is 15.1. The maximum absolute atomic E-state index is 14.1. The van der Waals surface area contributed by atoms with E-state index in [4.69, 9.17) is 14.2 Å². The Balaban J connectivity index is 1.80. The summed E-state index contributed by atoms with van der Waals surface area (Å²) in [6.07, 6.45) is -0.601. The van der Waals surface area contributed by atoms with E-state index < -0.39 is 82.8 Å². The smallest absolute Gasteiger partial charge is 0.311 e. The normalized spacial score (nSPS) is 45.3. The SMILES string of the molecule is CC[C@@H](C(=O)[C@@H](C)[C@H](O)[C@H](C)[C@H]1O[C@@](O)([C@H](C)C(=O)O)[C@H](C)C[C@@H]1C)[C@H]1O[C@](C)([C@]2(O)O[C@@](CC)([C@H](C)O)C[C@H]2C)C[C@@H]1C. The Morgan fingerprint density at radius 1 is 0.886 bits per heavy atom. The van der Waals surface area contributed by atoms with Gasteiger partial charge in [0, 0.05) is 29.6 Å². The van der Waals surface area contributed by atoms with Gasteiger partial charge in [-0.05, 0) is 64.7 Å². The molecule has 3 heterocycles. The van der Waals surface area contributed by atoms with E-state index in [0.29, 0.717) is 32.1 Å². The first-order valence-corrected chi connectivity index (χ1v) is 16.8. The van der Waals surface area contributed by atoms with Gasteiger partial charge in [0.2, 0.25) is 0 Å². The molecule has 0 aromatic rings. The molecule has 10 heteroatoms. The number of hydrogen-bond donors (Lipinski definition) is 5. The van der Waals surface area contributed by atoms with Gasteiger partial charge in [0.15, 0.2) is 11.6 Å². The van der Waals surface area contributed by atoms with Crippen LogP contribution in [0.4, 0.5) is 0 Å². The summed E-state index contributed by atoms with van der Waals surface area (Å²) in [7, 11) is 0. The van der Waals surface area contributed by atoms with Crippen molar-refractivity contribution in [2.24, 2.45) is 47.3 Å². The van der Waals surface area contributed by atoms with Crippen molar-refractivity contribution in [1.29, 1.82) is 0 Å². The minimum Gasteiger partial charge on any atom is -0.481 e. The molecule has 3 saturated heterocycles. The average Bonchev–Trinajstić information content (AvgIpc) is 3.43. The zero-order valence-corrected chi connectivity index (χ0v) is 28.7. The molecular weight excluding hydrogens is 568 g/mol. The summed E-state index contributed by atoms with van der Waals surface area (Å²) >= 11 is 0. The Labute approximate surface area is 263 Å². The van der Waals surface area contributed by atoms with Gasteiger partial charge in [-0.1, -0.05) is 55.4 Å². The predicted molar refractivity (Wildman–Crippen MR) is 164 cm³/mol. The lowest BCUT2D eigenvalue weighted by atomic mass is 9.72. The van der Waals surface area contributed by atoms with Gasteiger partial charge in [-0.25, -0.2) is 0 Å². The van der Waals surface area contributed by atoms with Crippen LogP contribution in [0.1, 0.15) is 108 Å². The number of Topliss-reactive ketones (excluding diaryl/α,β-unsaturated/α-hetero) is 1. The molecule has 10 nitrogen and oxygen atoms in total. The molecule has 0 radical (unpaired) electrons. The van der Waals surface area contributed by atoms with Crippen molar-refractivity contribution < 1.29 is 49.3 Å². The molecular formula is C34H60O10. The molecule has 3 fully saturated rings. The summed E-state index contributed by atoms with van der Waals surface area (Å²) in [4.78, 5) is 25.8. The fraction of sp³-hybridized carbons (Fsp3) is 0.941. The maximum Gasteiger partial charge on any atom is 0.311 e. The maximum atomic E-state index is 14.1. The Bertz CT molecular complexity index is 1040. The van der Waals surface area contributed by atoms with E-state index in [-0.39, 0.29) is 23.5 Å². The van der Waals surface area contributed by atoms with E-state index in [2.05, 4.69) is 0 Å². The number of ketones is 1. The highest BCUT2D eigenvalue weighted by atomic mass is 16.7. The Morgan fingerprint density at radius 3 is 1.95 bits per heavy atom. The van der Waals surface area contributed by atoms with Gasteiger partial charge in [-0.2, -0.15) is 0 Å². The van der Waals surface area contributed by atoms with Crippen molar-refractivity contribution in [2.45, 2.75) is 155 Å². The second-order valence-electron chi connectivity index (χ2n) is 15.1. The van der Waals surface area contributed by atoms with Crippen LogP contribution in [0.15, 0.2) is 0 Å². The highest BCUT2D eigenvalue weighted by Gasteiger charge is 2.66. The van der Waals surface area contributed by atoms with Crippen LogP contribution in [0.5, 0.6) is 0 Å². The number of carboxylic acid groups (broad SMARTS) is 1. The number of aliphatic hydroxyl groups excluding tert-OH is 2. The van der Waals surface area contributed by atoms with E-state index >= 15 is 0 Å². The van der Waals surface area contributed by atoms with Crippen molar-refractivity contribution in [3.63, 3.8) is 0 Å². The zero-order chi connectivity index (χ0) is 33.7. The number of aliphatic carboxylic acids is 1. The number of carbonyl (C=O) groups is 2. The molecule has 0 unspecified atom stereocenters. The van der Waals surface area contributed by atoms with Crippen molar-refractivity contribution in [3.05, 3.63) is 0 Å². The van der Waals surface area contributed by atoms with Gasteiger partial charge < -0.3 is 39.7 Å². The van der Waals surface area contributed by atoms with E-state index in [1.807, 2.05) is 41.5 Å². The number of rotatable bonds is 12. The highest BCUT2D eigenvalue weighted by Crippen LogP contribution is 2.56. The molecule has 0 aromatic heterocycles. The van der Waals surface area contributed by atoms with Crippen LogP contribution in [-0.2, 0) is 23.8 Å². The van der Waals surface area contributed by atoms with Gasteiger partial charge in [0.25, 0.3) is 0 Å². The Kier molecular flexibility index (Phi) is 11.2. The lowest BCUT2D eigenvalue weighted by Gasteiger charge is -2.49. The molecule has 44 heavy (non-hydrogen) atoms. The first-order valence-electron chi connectivity index (χ1n) is 16.8. The van der Waals surface area contributed by atoms with Gasteiger partial charge in [-0.3, -0.25) is 9.59 Å². The third-order valence-electron chi connectivity index (χ3n) is 12.0. The monoisotopic (exact) mass is 628 g/mol. The summed E-state index contributed by atoms with van der Waals surface area (Å²) in [6, 6.07) is 0. The molecule has 16 atom stereocenters.